The third-order valence-corrected chi connectivity index (χ3v) is 2.46. The maximum atomic E-state index is 11.0. The quantitative estimate of drug-likeness (QED) is 0.706. The molecule has 12 heavy (non-hydrogen) atoms. The van der Waals surface area contributed by atoms with Crippen molar-refractivity contribution < 1.29 is 13.5 Å². The molecule has 5 heteroatoms. The summed E-state index contributed by atoms with van der Waals surface area (Å²) >= 11 is 0. The zero-order valence-corrected chi connectivity index (χ0v) is 7.37. The molecule has 0 aliphatic heterocycles. The van der Waals surface area contributed by atoms with Gasteiger partial charge in [-0.25, -0.2) is 8.42 Å². The van der Waals surface area contributed by atoms with Crippen LogP contribution in [0.3, 0.4) is 0 Å². The van der Waals surface area contributed by atoms with Crippen molar-refractivity contribution in [3.63, 3.8) is 0 Å². The van der Waals surface area contributed by atoms with Gasteiger partial charge >= 0.3 is 0 Å². The summed E-state index contributed by atoms with van der Waals surface area (Å²) in [4.78, 5) is 3.82. The van der Waals surface area contributed by atoms with E-state index in [9.17, 15) is 8.42 Å². The second-order valence-corrected chi connectivity index (χ2v) is 4.47. The summed E-state index contributed by atoms with van der Waals surface area (Å²) in [5.74, 6) is 0. The van der Waals surface area contributed by atoms with Gasteiger partial charge in [0.05, 0.1) is 11.5 Å². The van der Waals surface area contributed by atoms with Crippen LogP contribution in [0.2, 0.25) is 0 Å². The number of sulfone groups is 1. The van der Waals surface area contributed by atoms with Gasteiger partial charge in [0.15, 0.2) is 9.84 Å². The molecule has 1 heterocycles. The van der Waals surface area contributed by atoms with Crippen molar-refractivity contribution in [3.8, 4) is 0 Å². The van der Waals surface area contributed by atoms with E-state index in [1.54, 1.807) is 0 Å². The highest BCUT2D eigenvalue weighted by atomic mass is 32.2. The minimum atomic E-state index is -3.21. The smallest absolute Gasteiger partial charge is 0.177 e. The van der Waals surface area contributed by atoms with Gasteiger partial charge in [0, 0.05) is 18.6 Å². The molecule has 0 atom stereocenters. The van der Waals surface area contributed by atoms with Crippen LogP contribution in [0, 0.1) is 0 Å². The lowest BCUT2D eigenvalue weighted by atomic mass is 10.3. The first kappa shape index (κ1) is 9.15. The van der Waals surface area contributed by atoms with Gasteiger partial charge in [-0.3, -0.25) is 4.98 Å². The summed E-state index contributed by atoms with van der Waals surface area (Å²) in [5, 5.41) is 8.69. The van der Waals surface area contributed by atoms with Gasteiger partial charge in [-0.15, -0.1) is 0 Å². The van der Waals surface area contributed by atoms with E-state index in [1.807, 2.05) is 0 Å². The molecule has 0 spiro atoms. The molecule has 0 amide bonds. The number of rotatable bonds is 2. The molecule has 0 bridgehead atoms. The Hall–Kier alpha value is -0.940. The molecule has 0 aliphatic carbocycles. The van der Waals surface area contributed by atoms with Crippen LogP contribution < -0.4 is 0 Å². The lowest BCUT2D eigenvalue weighted by molar-refractivity contribution is 0.281. The van der Waals surface area contributed by atoms with Crippen molar-refractivity contribution >= 4 is 9.84 Å². The lowest BCUT2D eigenvalue weighted by Gasteiger charge is -1.98. The molecule has 0 aromatic carbocycles. The van der Waals surface area contributed by atoms with Crippen LogP contribution in [-0.2, 0) is 16.4 Å². The van der Waals surface area contributed by atoms with Crippen LogP contribution in [0.1, 0.15) is 5.56 Å². The number of hydrogen-bond acceptors (Lipinski definition) is 4. The Balaban J connectivity index is 3.20. The van der Waals surface area contributed by atoms with Gasteiger partial charge in [-0.2, -0.15) is 0 Å². The number of pyridine rings is 1. The first-order valence-corrected chi connectivity index (χ1v) is 5.18. The third kappa shape index (κ3) is 2.02. The number of hydrogen-bond donors (Lipinski definition) is 1. The molecule has 0 aliphatic rings. The highest BCUT2D eigenvalue weighted by Gasteiger charge is 2.07. The molecule has 1 aromatic rings. The van der Waals surface area contributed by atoms with Crippen molar-refractivity contribution in [1.29, 1.82) is 0 Å². The Labute approximate surface area is 70.8 Å². The minimum Gasteiger partial charge on any atom is -0.392 e. The highest BCUT2D eigenvalue weighted by Crippen LogP contribution is 2.08. The van der Waals surface area contributed by atoms with Gasteiger partial charge in [0.2, 0.25) is 0 Å². The standard InChI is InChI=1S/C7H9NO3S/c1-12(10,11)7-2-6(5-9)3-8-4-7/h2-4,9H,5H2,1H3. The van der Waals surface area contributed by atoms with Gasteiger partial charge < -0.3 is 5.11 Å². The maximum absolute atomic E-state index is 11.0. The van der Waals surface area contributed by atoms with Crippen LogP contribution in [0.25, 0.3) is 0 Å². The zero-order valence-electron chi connectivity index (χ0n) is 6.56. The van der Waals surface area contributed by atoms with Crippen molar-refractivity contribution in [1.82, 2.24) is 4.98 Å². The van der Waals surface area contributed by atoms with Crippen molar-refractivity contribution in [3.05, 3.63) is 24.0 Å². The van der Waals surface area contributed by atoms with E-state index < -0.39 is 9.84 Å². The van der Waals surface area contributed by atoms with Gasteiger partial charge in [0.1, 0.15) is 0 Å². The maximum Gasteiger partial charge on any atom is 0.177 e. The second-order valence-electron chi connectivity index (χ2n) is 2.46. The largest absolute Gasteiger partial charge is 0.392 e. The summed E-state index contributed by atoms with van der Waals surface area (Å²) in [6.45, 7) is -0.198. The average molecular weight is 187 g/mol. The van der Waals surface area contributed by atoms with E-state index in [4.69, 9.17) is 5.11 Å². The molecule has 0 saturated carbocycles. The van der Waals surface area contributed by atoms with Crippen molar-refractivity contribution in [2.45, 2.75) is 11.5 Å². The van der Waals surface area contributed by atoms with Crippen LogP contribution >= 0.6 is 0 Å². The fraction of sp³-hybridized carbons (Fsp3) is 0.286. The van der Waals surface area contributed by atoms with Gasteiger partial charge in [-0.1, -0.05) is 0 Å². The Morgan fingerprint density at radius 1 is 1.50 bits per heavy atom. The van der Waals surface area contributed by atoms with Crippen LogP contribution in [-0.4, -0.2) is 24.8 Å². The summed E-state index contributed by atoms with van der Waals surface area (Å²) in [6, 6.07) is 1.41. The van der Waals surface area contributed by atoms with Crippen molar-refractivity contribution in [2.24, 2.45) is 0 Å². The topological polar surface area (TPSA) is 67.3 Å². The Kier molecular flexibility index (Phi) is 2.44. The van der Waals surface area contributed by atoms with E-state index in [-0.39, 0.29) is 11.5 Å². The Morgan fingerprint density at radius 2 is 2.17 bits per heavy atom. The monoisotopic (exact) mass is 187 g/mol. The molecule has 0 unspecified atom stereocenters. The minimum absolute atomic E-state index is 0.133. The zero-order chi connectivity index (χ0) is 9.19. The van der Waals surface area contributed by atoms with Crippen LogP contribution in [0.5, 0.6) is 0 Å². The van der Waals surface area contributed by atoms with Crippen molar-refractivity contribution in [2.75, 3.05) is 6.26 Å². The fourth-order valence-corrected chi connectivity index (χ4v) is 1.37. The molecule has 0 saturated heterocycles. The SMILES string of the molecule is CS(=O)(=O)c1cncc(CO)c1. The molecular formula is C7H9NO3S. The molecule has 66 valence electrons. The van der Waals surface area contributed by atoms with Crippen LogP contribution in [0.4, 0.5) is 0 Å². The summed E-state index contributed by atoms with van der Waals surface area (Å²) < 4.78 is 22.0. The molecule has 0 radical (unpaired) electrons. The van der Waals surface area contributed by atoms with Gasteiger partial charge in [-0.05, 0) is 11.6 Å². The first-order chi connectivity index (χ1) is 5.54. The van der Waals surface area contributed by atoms with E-state index in [0.29, 0.717) is 5.56 Å². The first-order valence-electron chi connectivity index (χ1n) is 3.29. The number of aromatic nitrogens is 1. The highest BCUT2D eigenvalue weighted by molar-refractivity contribution is 7.90. The summed E-state index contributed by atoms with van der Waals surface area (Å²) in [5.41, 5.74) is 0.498. The molecule has 1 aromatic heterocycles. The molecule has 1 N–H and O–H groups in total. The van der Waals surface area contributed by atoms with E-state index in [1.165, 1.54) is 18.5 Å². The molecule has 1 rings (SSSR count). The number of aliphatic hydroxyl groups excluding tert-OH is 1. The molecule has 4 nitrogen and oxygen atoms in total. The normalized spacial score (nSPS) is 11.5. The van der Waals surface area contributed by atoms with Gasteiger partial charge in [0.25, 0.3) is 0 Å². The Morgan fingerprint density at radius 3 is 2.67 bits per heavy atom. The van der Waals surface area contributed by atoms with E-state index in [2.05, 4.69) is 4.98 Å². The summed E-state index contributed by atoms with van der Waals surface area (Å²) in [7, 11) is -3.21. The Bertz CT molecular complexity index is 372. The second kappa shape index (κ2) is 3.20. The third-order valence-electron chi connectivity index (χ3n) is 1.38. The number of aliphatic hydroxyl groups is 1. The molecule has 0 fully saturated rings. The fourth-order valence-electron chi connectivity index (χ4n) is 0.753. The predicted octanol–water partition coefficient (Wildman–Crippen LogP) is -0.0226. The molecular weight excluding hydrogens is 178 g/mol. The lowest BCUT2D eigenvalue weighted by Crippen LogP contribution is -1.99. The summed E-state index contributed by atoms with van der Waals surface area (Å²) in [6.07, 6.45) is 3.79. The van der Waals surface area contributed by atoms with E-state index in [0.717, 1.165) is 6.26 Å². The predicted molar refractivity (Wildman–Crippen MR) is 43.3 cm³/mol. The number of nitrogens with zero attached hydrogens (tertiary/aromatic N) is 1. The van der Waals surface area contributed by atoms with E-state index >= 15 is 0 Å². The average Bonchev–Trinajstić information content (AvgIpc) is 2.03. The van der Waals surface area contributed by atoms with Crippen LogP contribution in [0.15, 0.2) is 23.4 Å².